The van der Waals surface area contributed by atoms with Crippen LogP contribution in [0, 0.1) is 0 Å². The molecule has 138 valence electrons. The first-order valence-electron chi connectivity index (χ1n) is 9.90. The summed E-state index contributed by atoms with van der Waals surface area (Å²) < 4.78 is 5.89. The number of anilines is 1. The number of benzene rings is 3. The molecule has 0 saturated heterocycles. The Morgan fingerprint density at radius 2 is 1.59 bits per heavy atom. The van der Waals surface area contributed by atoms with Crippen molar-refractivity contribution in [1.29, 1.82) is 0 Å². The van der Waals surface area contributed by atoms with Gasteiger partial charge >= 0.3 is 0 Å². The van der Waals surface area contributed by atoms with Crippen LogP contribution in [0.1, 0.15) is 30.0 Å². The standard InChI is InChI=1S/C25H27NO/c1-20-11-14-23-9-5-6-10-25(23)26(20)18-17-21-12-15-24(16-13-21)27-19-22-7-3-2-4-8-22/h2-10,12-13,15-16,20H,11,14,17-19H2,1H3. The predicted octanol–water partition coefficient (Wildman–Crippen LogP) is 5.65. The summed E-state index contributed by atoms with van der Waals surface area (Å²) in [6.45, 7) is 4.02. The van der Waals surface area contributed by atoms with E-state index in [-0.39, 0.29) is 0 Å². The molecule has 0 spiro atoms. The van der Waals surface area contributed by atoms with Crippen LogP contribution < -0.4 is 9.64 Å². The van der Waals surface area contributed by atoms with Crippen LogP contribution >= 0.6 is 0 Å². The summed E-state index contributed by atoms with van der Waals surface area (Å²) in [5.41, 5.74) is 5.45. The van der Waals surface area contributed by atoms with Gasteiger partial charge in [-0.3, -0.25) is 0 Å². The fourth-order valence-corrected chi connectivity index (χ4v) is 3.84. The van der Waals surface area contributed by atoms with Gasteiger partial charge in [-0.25, -0.2) is 0 Å². The molecule has 1 aliphatic heterocycles. The molecule has 1 heterocycles. The Morgan fingerprint density at radius 1 is 0.852 bits per heavy atom. The van der Waals surface area contributed by atoms with Crippen molar-refractivity contribution in [2.24, 2.45) is 0 Å². The second kappa shape index (κ2) is 8.30. The van der Waals surface area contributed by atoms with Crippen molar-refractivity contribution in [3.8, 4) is 5.75 Å². The van der Waals surface area contributed by atoms with Crippen molar-refractivity contribution in [3.63, 3.8) is 0 Å². The quantitative estimate of drug-likeness (QED) is 0.565. The third-order valence-corrected chi connectivity index (χ3v) is 5.48. The van der Waals surface area contributed by atoms with Gasteiger partial charge in [-0.15, -0.1) is 0 Å². The average molecular weight is 357 g/mol. The van der Waals surface area contributed by atoms with Crippen molar-refractivity contribution in [1.82, 2.24) is 0 Å². The van der Waals surface area contributed by atoms with Crippen LogP contribution in [-0.2, 0) is 19.4 Å². The van der Waals surface area contributed by atoms with Gasteiger partial charge < -0.3 is 9.64 Å². The van der Waals surface area contributed by atoms with Crippen molar-refractivity contribution < 1.29 is 4.74 Å². The topological polar surface area (TPSA) is 12.5 Å². The van der Waals surface area contributed by atoms with Crippen LogP contribution in [0.3, 0.4) is 0 Å². The number of aryl methyl sites for hydroxylation is 1. The van der Waals surface area contributed by atoms with E-state index in [1.54, 1.807) is 0 Å². The number of para-hydroxylation sites is 1. The second-order valence-electron chi connectivity index (χ2n) is 7.38. The molecule has 0 N–H and O–H groups in total. The maximum atomic E-state index is 5.89. The summed E-state index contributed by atoms with van der Waals surface area (Å²) >= 11 is 0. The van der Waals surface area contributed by atoms with E-state index >= 15 is 0 Å². The van der Waals surface area contributed by atoms with Gasteiger partial charge in [0.1, 0.15) is 12.4 Å². The minimum Gasteiger partial charge on any atom is -0.489 e. The highest BCUT2D eigenvalue weighted by Crippen LogP contribution is 2.30. The number of rotatable bonds is 6. The van der Waals surface area contributed by atoms with Gasteiger partial charge in [0.15, 0.2) is 0 Å². The van der Waals surface area contributed by atoms with E-state index < -0.39 is 0 Å². The Labute approximate surface area is 162 Å². The van der Waals surface area contributed by atoms with Crippen LogP contribution in [0.15, 0.2) is 78.9 Å². The average Bonchev–Trinajstić information content (AvgIpc) is 2.73. The van der Waals surface area contributed by atoms with E-state index in [0.29, 0.717) is 12.6 Å². The lowest BCUT2D eigenvalue weighted by Gasteiger charge is -2.37. The van der Waals surface area contributed by atoms with E-state index in [0.717, 1.165) is 18.7 Å². The monoisotopic (exact) mass is 357 g/mol. The third kappa shape index (κ3) is 4.33. The van der Waals surface area contributed by atoms with E-state index in [9.17, 15) is 0 Å². The molecule has 4 rings (SSSR count). The maximum absolute atomic E-state index is 5.89. The summed E-state index contributed by atoms with van der Waals surface area (Å²) in [5.74, 6) is 0.930. The fraction of sp³-hybridized carbons (Fsp3) is 0.280. The molecule has 1 aliphatic rings. The zero-order chi connectivity index (χ0) is 18.5. The Bertz CT molecular complexity index is 857. The minimum absolute atomic E-state index is 0.605. The molecule has 27 heavy (non-hydrogen) atoms. The molecule has 3 aromatic rings. The van der Waals surface area contributed by atoms with Crippen molar-refractivity contribution >= 4 is 5.69 Å². The minimum atomic E-state index is 0.605. The molecule has 0 amide bonds. The molecule has 0 fully saturated rings. The number of hydrogen-bond donors (Lipinski definition) is 0. The van der Waals surface area contributed by atoms with Crippen LogP contribution in [0.2, 0.25) is 0 Å². The predicted molar refractivity (Wildman–Crippen MR) is 112 cm³/mol. The lowest BCUT2D eigenvalue weighted by molar-refractivity contribution is 0.306. The van der Waals surface area contributed by atoms with Crippen LogP contribution in [0.4, 0.5) is 5.69 Å². The van der Waals surface area contributed by atoms with Gasteiger partial charge in [0.05, 0.1) is 0 Å². The number of ether oxygens (including phenoxy) is 1. The lowest BCUT2D eigenvalue weighted by atomic mass is 9.96. The second-order valence-corrected chi connectivity index (χ2v) is 7.38. The first-order valence-corrected chi connectivity index (χ1v) is 9.90. The smallest absolute Gasteiger partial charge is 0.119 e. The fourth-order valence-electron chi connectivity index (χ4n) is 3.84. The molecule has 1 unspecified atom stereocenters. The molecule has 0 radical (unpaired) electrons. The first kappa shape index (κ1) is 17.7. The normalized spacial score (nSPS) is 16.0. The zero-order valence-electron chi connectivity index (χ0n) is 16.0. The van der Waals surface area contributed by atoms with Crippen molar-refractivity contribution in [2.45, 2.75) is 38.8 Å². The molecule has 0 aliphatic carbocycles. The van der Waals surface area contributed by atoms with E-state index in [1.807, 2.05) is 18.2 Å². The van der Waals surface area contributed by atoms with Gasteiger partial charge in [0, 0.05) is 18.3 Å². The van der Waals surface area contributed by atoms with E-state index in [1.165, 1.54) is 35.2 Å². The molecule has 0 saturated carbocycles. The van der Waals surface area contributed by atoms with Gasteiger partial charge in [-0.05, 0) is 61.1 Å². The lowest BCUT2D eigenvalue weighted by Crippen LogP contribution is -2.38. The van der Waals surface area contributed by atoms with E-state index in [4.69, 9.17) is 4.74 Å². The Balaban J connectivity index is 1.35. The Hall–Kier alpha value is -2.74. The summed E-state index contributed by atoms with van der Waals surface area (Å²) in [6, 6.07) is 28.3. The Kier molecular flexibility index (Phi) is 5.43. The molecule has 0 bridgehead atoms. The summed E-state index contributed by atoms with van der Waals surface area (Å²) in [5, 5.41) is 0. The van der Waals surface area contributed by atoms with Gasteiger partial charge in [0.2, 0.25) is 0 Å². The maximum Gasteiger partial charge on any atom is 0.119 e. The SMILES string of the molecule is CC1CCc2ccccc2N1CCc1ccc(OCc2ccccc2)cc1. The Morgan fingerprint density at radius 3 is 2.41 bits per heavy atom. The van der Waals surface area contributed by atoms with E-state index in [2.05, 4.69) is 72.5 Å². The zero-order valence-corrected chi connectivity index (χ0v) is 16.0. The molecule has 0 aromatic heterocycles. The molecule has 2 nitrogen and oxygen atoms in total. The van der Waals surface area contributed by atoms with Crippen LogP contribution in [0.25, 0.3) is 0 Å². The molecular weight excluding hydrogens is 330 g/mol. The molecular formula is C25H27NO. The largest absolute Gasteiger partial charge is 0.489 e. The molecule has 3 aromatic carbocycles. The van der Waals surface area contributed by atoms with Gasteiger partial charge in [-0.2, -0.15) is 0 Å². The van der Waals surface area contributed by atoms with Gasteiger partial charge in [0.25, 0.3) is 0 Å². The summed E-state index contributed by atoms with van der Waals surface area (Å²) in [6.07, 6.45) is 3.49. The van der Waals surface area contributed by atoms with Gasteiger partial charge in [-0.1, -0.05) is 60.7 Å². The summed E-state index contributed by atoms with van der Waals surface area (Å²) in [4.78, 5) is 2.57. The summed E-state index contributed by atoms with van der Waals surface area (Å²) in [7, 11) is 0. The van der Waals surface area contributed by atoms with Crippen LogP contribution in [0.5, 0.6) is 5.75 Å². The number of hydrogen-bond acceptors (Lipinski definition) is 2. The molecule has 2 heteroatoms. The molecule has 1 atom stereocenters. The van der Waals surface area contributed by atoms with Crippen LogP contribution in [-0.4, -0.2) is 12.6 Å². The van der Waals surface area contributed by atoms with Crippen molar-refractivity contribution in [2.75, 3.05) is 11.4 Å². The first-order chi connectivity index (χ1) is 13.3. The highest BCUT2D eigenvalue weighted by Gasteiger charge is 2.22. The number of fused-ring (bicyclic) bond motifs is 1. The van der Waals surface area contributed by atoms with Crippen molar-refractivity contribution in [3.05, 3.63) is 95.6 Å². The number of nitrogens with zero attached hydrogens (tertiary/aromatic N) is 1. The third-order valence-electron chi connectivity index (χ3n) is 5.48. The highest BCUT2D eigenvalue weighted by molar-refractivity contribution is 5.56. The highest BCUT2D eigenvalue weighted by atomic mass is 16.5.